The Kier molecular flexibility index (Phi) is 5.19. The number of aryl methyl sites for hydroxylation is 1. The first-order valence-corrected chi connectivity index (χ1v) is 7.55. The molecule has 2 aromatic carbocycles. The summed E-state index contributed by atoms with van der Waals surface area (Å²) in [4.78, 5) is 0. The molecule has 20 heavy (non-hydrogen) atoms. The van der Waals surface area contributed by atoms with Gasteiger partial charge in [0.25, 0.3) is 0 Å². The van der Waals surface area contributed by atoms with E-state index in [-0.39, 0.29) is 11.9 Å². The molecule has 1 nitrogen and oxygen atoms in total. The summed E-state index contributed by atoms with van der Waals surface area (Å²) >= 11 is 9.60. The molecule has 4 heteroatoms. The summed E-state index contributed by atoms with van der Waals surface area (Å²) in [6.07, 6.45) is 0.800. The Morgan fingerprint density at radius 3 is 2.50 bits per heavy atom. The lowest BCUT2D eigenvalue weighted by atomic mass is 9.97. The number of halogens is 3. The summed E-state index contributed by atoms with van der Waals surface area (Å²) < 4.78 is 14.5. The van der Waals surface area contributed by atoms with Crippen molar-refractivity contribution in [1.82, 2.24) is 5.32 Å². The lowest BCUT2D eigenvalue weighted by Gasteiger charge is -2.19. The SMILES string of the molecule is CNC(Cc1ccc(Br)cc1)c1cc(C)c(F)cc1Cl. The highest BCUT2D eigenvalue weighted by Gasteiger charge is 2.15. The molecular formula is C16H16BrClFN. The van der Waals surface area contributed by atoms with Crippen LogP contribution in [0.4, 0.5) is 4.39 Å². The van der Waals surface area contributed by atoms with Gasteiger partial charge in [0.15, 0.2) is 0 Å². The molecule has 0 aliphatic heterocycles. The minimum absolute atomic E-state index is 0.0583. The van der Waals surface area contributed by atoms with Gasteiger partial charge in [-0.2, -0.15) is 0 Å². The van der Waals surface area contributed by atoms with Crippen molar-refractivity contribution in [3.8, 4) is 0 Å². The minimum atomic E-state index is -0.266. The van der Waals surface area contributed by atoms with Gasteiger partial charge in [-0.15, -0.1) is 0 Å². The van der Waals surface area contributed by atoms with Crippen LogP contribution in [-0.2, 0) is 6.42 Å². The maximum Gasteiger partial charge on any atom is 0.127 e. The molecule has 0 saturated heterocycles. The first kappa shape index (κ1) is 15.5. The van der Waals surface area contributed by atoms with Crippen LogP contribution in [-0.4, -0.2) is 7.05 Å². The third-order valence-corrected chi connectivity index (χ3v) is 4.21. The Morgan fingerprint density at radius 1 is 1.25 bits per heavy atom. The third-order valence-electron chi connectivity index (χ3n) is 3.35. The van der Waals surface area contributed by atoms with Crippen molar-refractivity contribution in [2.24, 2.45) is 0 Å². The van der Waals surface area contributed by atoms with Crippen molar-refractivity contribution >= 4 is 27.5 Å². The van der Waals surface area contributed by atoms with Crippen LogP contribution in [0.15, 0.2) is 40.9 Å². The van der Waals surface area contributed by atoms with Gasteiger partial charge in [0.2, 0.25) is 0 Å². The monoisotopic (exact) mass is 355 g/mol. The predicted molar refractivity (Wildman–Crippen MR) is 85.8 cm³/mol. The lowest BCUT2D eigenvalue weighted by molar-refractivity contribution is 0.583. The summed E-state index contributed by atoms with van der Waals surface area (Å²) in [6.45, 7) is 1.75. The van der Waals surface area contributed by atoms with Crippen LogP contribution in [0.3, 0.4) is 0 Å². The molecule has 0 amide bonds. The zero-order valence-corrected chi connectivity index (χ0v) is 13.7. The largest absolute Gasteiger partial charge is 0.313 e. The summed E-state index contributed by atoms with van der Waals surface area (Å²) in [5, 5.41) is 3.71. The minimum Gasteiger partial charge on any atom is -0.313 e. The standard InChI is InChI=1S/C16H16BrClFN/c1-10-7-13(14(18)9-15(10)19)16(20-2)8-11-3-5-12(17)6-4-11/h3-7,9,16,20H,8H2,1-2H3. The average Bonchev–Trinajstić information content (AvgIpc) is 2.43. The molecule has 0 aliphatic rings. The number of nitrogens with one attached hydrogen (secondary N) is 1. The van der Waals surface area contributed by atoms with Gasteiger partial charge in [-0.05, 0) is 55.3 Å². The Labute approximate surface area is 132 Å². The van der Waals surface area contributed by atoms with E-state index in [1.54, 1.807) is 6.92 Å². The van der Waals surface area contributed by atoms with E-state index < -0.39 is 0 Å². The third kappa shape index (κ3) is 3.60. The topological polar surface area (TPSA) is 12.0 Å². The van der Waals surface area contributed by atoms with E-state index in [0.29, 0.717) is 10.6 Å². The van der Waals surface area contributed by atoms with E-state index in [4.69, 9.17) is 11.6 Å². The molecule has 2 aromatic rings. The van der Waals surface area contributed by atoms with Crippen LogP contribution >= 0.6 is 27.5 Å². The van der Waals surface area contributed by atoms with Crippen LogP contribution in [0, 0.1) is 12.7 Å². The molecule has 0 heterocycles. The van der Waals surface area contributed by atoms with Gasteiger partial charge in [0, 0.05) is 15.5 Å². The molecule has 0 aromatic heterocycles. The molecule has 1 atom stereocenters. The van der Waals surface area contributed by atoms with Gasteiger partial charge in [-0.3, -0.25) is 0 Å². The number of likely N-dealkylation sites (N-methyl/N-ethyl adjacent to an activating group) is 1. The van der Waals surface area contributed by atoms with Crippen LogP contribution in [0.1, 0.15) is 22.7 Å². The first-order chi connectivity index (χ1) is 9.51. The molecular weight excluding hydrogens is 341 g/mol. The highest BCUT2D eigenvalue weighted by atomic mass is 79.9. The second kappa shape index (κ2) is 6.70. The zero-order chi connectivity index (χ0) is 14.7. The first-order valence-electron chi connectivity index (χ1n) is 6.38. The Bertz CT molecular complexity index is 598. The van der Waals surface area contributed by atoms with Gasteiger partial charge < -0.3 is 5.32 Å². The molecule has 106 valence electrons. The summed E-state index contributed by atoms with van der Waals surface area (Å²) in [5.74, 6) is -0.266. The molecule has 2 rings (SSSR count). The quantitative estimate of drug-likeness (QED) is 0.808. The predicted octanol–water partition coefficient (Wildman–Crippen LogP) is 5.05. The van der Waals surface area contributed by atoms with E-state index in [2.05, 4.69) is 33.4 Å². The molecule has 0 saturated carbocycles. The van der Waals surface area contributed by atoms with Crippen LogP contribution < -0.4 is 5.32 Å². The average molecular weight is 357 g/mol. The Hall–Kier alpha value is -0.900. The maximum atomic E-state index is 13.5. The Morgan fingerprint density at radius 2 is 1.90 bits per heavy atom. The number of benzene rings is 2. The zero-order valence-electron chi connectivity index (χ0n) is 11.4. The molecule has 1 unspecified atom stereocenters. The fraction of sp³-hybridized carbons (Fsp3) is 0.250. The number of hydrogen-bond donors (Lipinski definition) is 1. The summed E-state index contributed by atoms with van der Waals surface area (Å²) in [7, 11) is 1.89. The molecule has 0 radical (unpaired) electrons. The van der Waals surface area contributed by atoms with Crippen LogP contribution in [0.5, 0.6) is 0 Å². The summed E-state index contributed by atoms with van der Waals surface area (Å²) in [5.41, 5.74) is 2.74. The molecule has 0 fully saturated rings. The van der Waals surface area contributed by atoms with Crippen molar-refractivity contribution in [3.05, 3.63) is 68.4 Å². The number of rotatable bonds is 4. The van der Waals surface area contributed by atoms with Gasteiger partial charge in [0.1, 0.15) is 5.82 Å². The van der Waals surface area contributed by atoms with Crippen LogP contribution in [0.25, 0.3) is 0 Å². The van der Waals surface area contributed by atoms with Crippen molar-refractivity contribution in [1.29, 1.82) is 0 Å². The molecule has 0 bridgehead atoms. The molecule has 0 spiro atoms. The molecule has 0 aliphatic carbocycles. The Balaban J connectivity index is 2.28. The van der Waals surface area contributed by atoms with Gasteiger partial charge >= 0.3 is 0 Å². The van der Waals surface area contributed by atoms with Crippen molar-refractivity contribution < 1.29 is 4.39 Å². The van der Waals surface area contributed by atoms with Gasteiger partial charge in [-0.1, -0.05) is 45.7 Å². The second-order valence-corrected chi connectivity index (χ2v) is 6.12. The van der Waals surface area contributed by atoms with Gasteiger partial charge in [-0.25, -0.2) is 4.39 Å². The highest BCUT2D eigenvalue weighted by Crippen LogP contribution is 2.28. The summed E-state index contributed by atoms with van der Waals surface area (Å²) in [6, 6.07) is 11.4. The fourth-order valence-corrected chi connectivity index (χ4v) is 2.72. The highest BCUT2D eigenvalue weighted by molar-refractivity contribution is 9.10. The smallest absolute Gasteiger partial charge is 0.127 e. The normalized spacial score (nSPS) is 12.4. The second-order valence-electron chi connectivity index (χ2n) is 4.79. The van der Waals surface area contributed by atoms with E-state index in [1.807, 2.05) is 25.2 Å². The van der Waals surface area contributed by atoms with Crippen molar-refractivity contribution in [2.45, 2.75) is 19.4 Å². The lowest BCUT2D eigenvalue weighted by Crippen LogP contribution is -2.19. The van der Waals surface area contributed by atoms with E-state index in [1.165, 1.54) is 11.6 Å². The van der Waals surface area contributed by atoms with E-state index in [9.17, 15) is 4.39 Å². The van der Waals surface area contributed by atoms with E-state index >= 15 is 0 Å². The van der Waals surface area contributed by atoms with E-state index in [0.717, 1.165) is 16.5 Å². The fourth-order valence-electron chi connectivity index (χ4n) is 2.17. The van der Waals surface area contributed by atoms with Gasteiger partial charge in [0.05, 0.1) is 0 Å². The number of hydrogen-bond acceptors (Lipinski definition) is 1. The van der Waals surface area contributed by atoms with Crippen molar-refractivity contribution in [2.75, 3.05) is 7.05 Å². The molecule has 1 N–H and O–H groups in total. The van der Waals surface area contributed by atoms with Crippen LogP contribution in [0.2, 0.25) is 5.02 Å². The van der Waals surface area contributed by atoms with Crippen molar-refractivity contribution in [3.63, 3.8) is 0 Å². The maximum absolute atomic E-state index is 13.5.